The molecule has 39 heavy (non-hydrogen) atoms. The molecule has 0 aliphatic heterocycles. The molecule has 0 bridgehead atoms. The summed E-state index contributed by atoms with van der Waals surface area (Å²) in [6, 6.07) is 33.7. The van der Waals surface area contributed by atoms with Gasteiger partial charge >= 0.3 is 11.9 Å². The highest BCUT2D eigenvalue weighted by Gasteiger charge is 2.18. The lowest BCUT2D eigenvalue weighted by atomic mass is 9.93. The maximum absolute atomic E-state index is 11.9. The van der Waals surface area contributed by atoms with Gasteiger partial charge in [0.25, 0.3) is 0 Å². The van der Waals surface area contributed by atoms with E-state index in [1.165, 1.54) is 21.5 Å². The zero-order valence-corrected chi connectivity index (χ0v) is 21.0. The van der Waals surface area contributed by atoms with Gasteiger partial charge in [0.15, 0.2) is 0 Å². The van der Waals surface area contributed by atoms with Crippen LogP contribution in [0.5, 0.6) is 11.5 Å². The number of benzene rings is 6. The predicted octanol–water partition coefficient (Wildman–Crippen LogP) is 8.24. The molecule has 0 atom stereocenters. The number of esters is 2. The van der Waals surface area contributed by atoms with Gasteiger partial charge in [0.1, 0.15) is 11.5 Å². The van der Waals surface area contributed by atoms with E-state index < -0.39 is 11.9 Å². The van der Waals surface area contributed by atoms with Gasteiger partial charge in [-0.25, -0.2) is 9.59 Å². The zero-order valence-electron chi connectivity index (χ0n) is 21.0. The summed E-state index contributed by atoms with van der Waals surface area (Å²) in [7, 11) is 0. The quantitative estimate of drug-likeness (QED) is 0.0939. The van der Waals surface area contributed by atoms with E-state index in [9.17, 15) is 9.59 Å². The van der Waals surface area contributed by atoms with Gasteiger partial charge < -0.3 is 14.4 Å². The highest BCUT2D eigenvalue weighted by molar-refractivity contribution is 6.23. The van der Waals surface area contributed by atoms with E-state index in [4.69, 9.17) is 9.47 Å². The molecule has 0 unspecified atom stereocenters. The molecule has 188 valence electrons. The van der Waals surface area contributed by atoms with Crippen molar-refractivity contribution >= 4 is 61.3 Å². The minimum Gasteiger partial charge on any atom is -0.423 e. The van der Waals surface area contributed by atoms with E-state index in [1.807, 2.05) is 29.2 Å². The summed E-state index contributed by atoms with van der Waals surface area (Å²) in [5.41, 5.74) is 2.40. The first-order valence-corrected chi connectivity index (χ1v) is 12.4. The average Bonchev–Trinajstić information content (AvgIpc) is 2.96. The Morgan fingerprint density at radius 3 is 1.46 bits per heavy atom. The number of anilines is 3. The van der Waals surface area contributed by atoms with Crippen LogP contribution in [0.3, 0.4) is 0 Å². The molecular formula is C34H23NO4. The average molecular weight is 510 g/mol. The molecule has 5 nitrogen and oxygen atoms in total. The Morgan fingerprint density at radius 2 is 0.974 bits per heavy atom. The second-order valence-corrected chi connectivity index (χ2v) is 9.06. The molecule has 6 rings (SSSR count). The van der Waals surface area contributed by atoms with E-state index in [2.05, 4.69) is 67.8 Å². The lowest BCUT2D eigenvalue weighted by Crippen LogP contribution is -2.11. The van der Waals surface area contributed by atoms with E-state index in [0.717, 1.165) is 40.0 Å². The monoisotopic (exact) mass is 509 g/mol. The number of rotatable bonds is 7. The molecule has 5 heteroatoms. The van der Waals surface area contributed by atoms with Crippen molar-refractivity contribution in [1.82, 2.24) is 0 Å². The predicted molar refractivity (Wildman–Crippen MR) is 156 cm³/mol. The van der Waals surface area contributed by atoms with Gasteiger partial charge in [0.05, 0.1) is 0 Å². The van der Waals surface area contributed by atoms with Crippen molar-refractivity contribution in [2.45, 2.75) is 0 Å². The van der Waals surface area contributed by atoms with Crippen molar-refractivity contribution in [2.75, 3.05) is 4.90 Å². The summed E-state index contributed by atoms with van der Waals surface area (Å²) >= 11 is 0. The number of hydrogen-bond donors (Lipinski definition) is 0. The smallest absolute Gasteiger partial charge is 0.335 e. The second-order valence-electron chi connectivity index (χ2n) is 9.06. The summed E-state index contributed by atoms with van der Waals surface area (Å²) in [6.45, 7) is 6.97. The van der Waals surface area contributed by atoms with Gasteiger partial charge in [-0.15, -0.1) is 0 Å². The molecule has 6 aromatic carbocycles. The van der Waals surface area contributed by atoms with Gasteiger partial charge in [0.2, 0.25) is 0 Å². The van der Waals surface area contributed by atoms with Gasteiger partial charge in [-0.05, 0) is 68.7 Å². The van der Waals surface area contributed by atoms with Crippen LogP contribution in [0, 0.1) is 0 Å². The van der Waals surface area contributed by atoms with Crippen LogP contribution in [0.4, 0.5) is 17.1 Å². The molecule has 0 heterocycles. The summed E-state index contributed by atoms with van der Waals surface area (Å²) < 4.78 is 10.8. The van der Waals surface area contributed by atoms with Crippen LogP contribution in [-0.2, 0) is 9.59 Å². The summed E-state index contributed by atoms with van der Waals surface area (Å²) in [5, 5.41) is 7.03. The van der Waals surface area contributed by atoms with Crippen molar-refractivity contribution in [1.29, 1.82) is 0 Å². The minimum atomic E-state index is -0.542. The minimum absolute atomic E-state index is 0.384. The van der Waals surface area contributed by atoms with Crippen molar-refractivity contribution in [3.63, 3.8) is 0 Å². The zero-order chi connectivity index (χ0) is 26.9. The van der Waals surface area contributed by atoms with E-state index in [-0.39, 0.29) is 0 Å². The Morgan fingerprint density at radius 1 is 0.538 bits per heavy atom. The number of carbonyl (C=O) groups excluding carboxylic acids is 2. The van der Waals surface area contributed by atoms with E-state index in [1.54, 1.807) is 24.3 Å². The molecule has 0 aliphatic carbocycles. The SMILES string of the molecule is C=CC(=O)Oc1cccc(N(c2cccc(OC(=O)C=C)c2)c2cc3ccc4cccc5ccc(c2)c3c45)c1. The number of nitrogens with zero attached hydrogens (tertiary/aromatic N) is 1. The van der Waals surface area contributed by atoms with Crippen LogP contribution >= 0.6 is 0 Å². The van der Waals surface area contributed by atoms with Gasteiger partial charge in [-0.3, -0.25) is 0 Å². The first-order valence-electron chi connectivity index (χ1n) is 12.4. The Labute approximate surface area is 225 Å². The maximum atomic E-state index is 11.9. The fraction of sp³-hybridized carbons (Fsp3) is 0. The number of carbonyl (C=O) groups is 2. The lowest BCUT2D eigenvalue weighted by molar-refractivity contribution is -0.129. The molecule has 0 N–H and O–H groups in total. The Kier molecular flexibility index (Phi) is 6.02. The van der Waals surface area contributed by atoms with Crippen LogP contribution in [0.1, 0.15) is 0 Å². The Balaban J connectivity index is 1.56. The second kappa shape index (κ2) is 9.80. The van der Waals surface area contributed by atoms with E-state index in [0.29, 0.717) is 11.5 Å². The van der Waals surface area contributed by atoms with Crippen LogP contribution in [-0.4, -0.2) is 11.9 Å². The number of hydrogen-bond acceptors (Lipinski definition) is 5. The third-order valence-electron chi connectivity index (χ3n) is 6.63. The molecule has 6 aromatic rings. The van der Waals surface area contributed by atoms with Crippen molar-refractivity contribution < 1.29 is 19.1 Å². The molecule has 0 aliphatic rings. The van der Waals surface area contributed by atoms with Crippen LogP contribution in [0.2, 0.25) is 0 Å². The summed E-state index contributed by atoms with van der Waals surface area (Å²) in [4.78, 5) is 25.8. The molecule has 0 aromatic heterocycles. The van der Waals surface area contributed by atoms with Crippen molar-refractivity contribution in [3.8, 4) is 11.5 Å². The van der Waals surface area contributed by atoms with Gasteiger partial charge in [0, 0.05) is 41.3 Å². The van der Waals surface area contributed by atoms with Crippen molar-refractivity contribution in [2.24, 2.45) is 0 Å². The normalized spacial score (nSPS) is 11.0. The molecule has 0 amide bonds. The molecular weight excluding hydrogens is 486 g/mol. The molecule has 0 saturated heterocycles. The highest BCUT2D eigenvalue weighted by atomic mass is 16.5. The van der Waals surface area contributed by atoms with Crippen molar-refractivity contribution in [3.05, 3.63) is 128 Å². The summed E-state index contributed by atoms with van der Waals surface area (Å²) in [5.74, 6) is -0.316. The first kappa shape index (κ1) is 23.9. The van der Waals surface area contributed by atoms with Crippen LogP contribution < -0.4 is 14.4 Å². The Hall–Kier alpha value is -5.42. The Bertz CT molecular complexity index is 1780. The third-order valence-corrected chi connectivity index (χ3v) is 6.63. The molecule has 0 spiro atoms. The third kappa shape index (κ3) is 4.47. The fourth-order valence-corrected chi connectivity index (χ4v) is 5.00. The molecule has 0 saturated carbocycles. The fourth-order valence-electron chi connectivity index (χ4n) is 5.00. The largest absolute Gasteiger partial charge is 0.423 e. The standard InChI is InChI=1S/C34H23NO4/c1-3-31(36)38-29-12-6-10-26(20-29)35(27-11-7-13-30(21-27)39-32(37)4-2)28-18-24-16-14-22-8-5-9-23-15-17-25(19-28)34(24)33(22)23/h3-21H,1-2H2. The number of ether oxygens (including phenoxy) is 2. The highest BCUT2D eigenvalue weighted by Crippen LogP contribution is 2.42. The summed E-state index contributed by atoms with van der Waals surface area (Å²) in [6.07, 6.45) is 2.25. The maximum Gasteiger partial charge on any atom is 0.335 e. The van der Waals surface area contributed by atoms with Crippen LogP contribution in [0.25, 0.3) is 32.3 Å². The van der Waals surface area contributed by atoms with Gasteiger partial charge in [-0.2, -0.15) is 0 Å². The molecule has 0 fully saturated rings. The van der Waals surface area contributed by atoms with Crippen LogP contribution in [0.15, 0.2) is 128 Å². The molecule has 0 radical (unpaired) electrons. The van der Waals surface area contributed by atoms with E-state index >= 15 is 0 Å². The van der Waals surface area contributed by atoms with Gasteiger partial charge in [-0.1, -0.05) is 67.8 Å². The first-order chi connectivity index (χ1) is 19.0. The lowest BCUT2D eigenvalue weighted by Gasteiger charge is -2.27. The topological polar surface area (TPSA) is 55.8 Å².